The van der Waals surface area contributed by atoms with E-state index in [2.05, 4.69) is 18.2 Å². The summed E-state index contributed by atoms with van der Waals surface area (Å²) in [7, 11) is 1.66. The van der Waals surface area contributed by atoms with Crippen LogP contribution in [0.1, 0.15) is 24.0 Å². The number of carbonyl (C=O) groups is 2. The Kier molecular flexibility index (Phi) is 2.67. The van der Waals surface area contributed by atoms with E-state index in [0.717, 1.165) is 18.6 Å². The van der Waals surface area contributed by atoms with Crippen molar-refractivity contribution in [3.05, 3.63) is 35.4 Å². The van der Waals surface area contributed by atoms with Crippen molar-refractivity contribution in [1.29, 1.82) is 0 Å². The molecule has 4 heteroatoms. The average molecular weight is 284 g/mol. The van der Waals surface area contributed by atoms with E-state index in [9.17, 15) is 9.59 Å². The van der Waals surface area contributed by atoms with Crippen molar-refractivity contribution < 1.29 is 19.1 Å². The van der Waals surface area contributed by atoms with Gasteiger partial charge in [-0.1, -0.05) is 12.1 Å². The summed E-state index contributed by atoms with van der Waals surface area (Å²) in [6.07, 6.45) is 4.51. The highest BCUT2D eigenvalue weighted by Crippen LogP contribution is 2.49. The average Bonchev–Trinajstić information content (AvgIpc) is 2.81. The van der Waals surface area contributed by atoms with E-state index in [1.165, 1.54) is 16.7 Å². The maximum absolute atomic E-state index is 12.0. The van der Waals surface area contributed by atoms with Crippen LogP contribution in [0.25, 0.3) is 5.57 Å². The van der Waals surface area contributed by atoms with E-state index >= 15 is 0 Å². The van der Waals surface area contributed by atoms with Crippen molar-refractivity contribution in [1.82, 2.24) is 0 Å². The Bertz CT molecular complexity index is 673. The predicted octanol–water partition coefficient (Wildman–Crippen LogP) is 2.36. The summed E-state index contributed by atoms with van der Waals surface area (Å²) < 4.78 is 10.1. The van der Waals surface area contributed by atoms with Crippen molar-refractivity contribution in [3.63, 3.8) is 0 Å². The van der Waals surface area contributed by atoms with Crippen LogP contribution in [0, 0.1) is 17.8 Å². The standard InChI is InChI=1S/C17H16O4/c1-20-10-3-5-11-9(8-10)2-4-13-12(11)6-7-14-15(13)17(19)21-16(14)18/h3,5-6,8,13-15H,2,4,7H2,1H3/t13-,14+,15-/m0/s1. The fourth-order valence-corrected chi connectivity index (χ4v) is 3.98. The number of fused-ring (bicyclic) bond motifs is 5. The monoisotopic (exact) mass is 284 g/mol. The molecule has 0 spiro atoms. The second-order valence-corrected chi connectivity index (χ2v) is 5.94. The highest BCUT2D eigenvalue weighted by molar-refractivity contribution is 5.99. The predicted molar refractivity (Wildman–Crippen MR) is 75.5 cm³/mol. The molecule has 4 nitrogen and oxygen atoms in total. The molecule has 3 aliphatic rings. The lowest BCUT2D eigenvalue weighted by atomic mass is 9.66. The van der Waals surface area contributed by atoms with Gasteiger partial charge in [-0.2, -0.15) is 0 Å². The van der Waals surface area contributed by atoms with Crippen LogP contribution in [0.3, 0.4) is 0 Å². The smallest absolute Gasteiger partial charge is 0.318 e. The molecule has 0 unspecified atom stereocenters. The van der Waals surface area contributed by atoms with E-state index in [4.69, 9.17) is 9.47 Å². The minimum Gasteiger partial charge on any atom is -0.497 e. The molecule has 2 aliphatic carbocycles. The molecule has 4 rings (SSSR count). The first-order chi connectivity index (χ1) is 10.2. The molecule has 21 heavy (non-hydrogen) atoms. The van der Waals surface area contributed by atoms with Gasteiger partial charge in [0.2, 0.25) is 0 Å². The SMILES string of the molecule is COc1ccc2c(c1)CC[C@H]1C2=CC[C@H]2C(=O)OC(=O)[C@H]21. The van der Waals surface area contributed by atoms with E-state index in [1.54, 1.807) is 7.11 Å². The number of carbonyl (C=O) groups excluding carboxylic acids is 2. The lowest BCUT2D eigenvalue weighted by molar-refractivity contribution is -0.154. The van der Waals surface area contributed by atoms with Gasteiger partial charge in [-0.25, -0.2) is 0 Å². The van der Waals surface area contributed by atoms with E-state index in [1.807, 2.05) is 6.07 Å². The first-order valence-corrected chi connectivity index (χ1v) is 7.32. The Hall–Kier alpha value is -2.10. The third kappa shape index (κ3) is 1.75. The molecule has 108 valence electrons. The van der Waals surface area contributed by atoms with Gasteiger partial charge < -0.3 is 9.47 Å². The third-order valence-corrected chi connectivity index (χ3v) is 4.98. The van der Waals surface area contributed by atoms with Crippen LogP contribution >= 0.6 is 0 Å². The van der Waals surface area contributed by atoms with Crippen LogP contribution in [-0.4, -0.2) is 19.0 Å². The molecule has 3 atom stereocenters. The molecule has 0 N–H and O–H groups in total. The quantitative estimate of drug-likeness (QED) is 0.587. The van der Waals surface area contributed by atoms with Crippen molar-refractivity contribution in [2.45, 2.75) is 19.3 Å². The lowest BCUT2D eigenvalue weighted by Gasteiger charge is -2.35. The number of hydrogen-bond acceptors (Lipinski definition) is 4. The Labute approximate surface area is 122 Å². The molecule has 0 radical (unpaired) electrons. The number of esters is 2. The van der Waals surface area contributed by atoms with Crippen LogP contribution in [0.2, 0.25) is 0 Å². The van der Waals surface area contributed by atoms with Gasteiger partial charge in [0.1, 0.15) is 5.75 Å². The highest BCUT2D eigenvalue weighted by atomic mass is 16.6. The first kappa shape index (κ1) is 12.6. The Morgan fingerprint density at radius 1 is 1.19 bits per heavy atom. The second-order valence-electron chi connectivity index (χ2n) is 5.94. The van der Waals surface area contributed by atoms with Gasteiger partial charge in [-0.15, -0.1) is 0 Å². The zero-order valence-corrected chi connectivity index (χ0v) is 11.8. The summed E-state index contributed by atoms with van der Waals surface area (Å²) >= 11 is 0. The molecule has 1 aromatic rings. The Balaban J connectivity index is 1.77. The second kappa shape index (κ2) is 4.45. The minimum absolute atomic E-state index is 0.114. The molecule has 0 aromatic heterocycles. The number of cyclic esters (lactones) is 2. The molecule has 1 fully saturated rings. The van der Waals surface area contributed by atoms with Gasteiger partial charge in [-0.3, -0.25) is 9.59 Å². The number of allylic oxidation sites excluding steroid dienone is 2. The molecular formula is C17H16O4. The zero-order chi connectivity index (χ0) is 14.6. The number of hydrogen-bond donors (Lipinski definition) is 0. The maximum atomic E-state index is 12.0. The normalized spacial score (nSPS) is 30.0. The summed E-state index contributed by atoms with van der Waals surface area (Å²) in [5, 5.41) is 0. The van der Waals surface area contributed by atoms with Crippen molar-refractivity contribution in [3.8, 4) is 5.75 Å². The van der Waals surface area contributed by atoms with Crippen molar-refractivity contribution >= 4 is 17.5 Å². The number of methoxy groups -OCH3 is 1. The van der Waals surface area contributed by atoms with Gasteiger partial charge in [0.05, 0.1) is 18.9 Å². The molecule has 0 amide bonds. The third-order valence-electron chi connectivity index (χ3n) is 4.98. The summed E-state index contributed by atoms with van der Waals surface area (Å²) in [6, 6.07) is 6.08. The van der Waals surface area contributed by atoms with Gasteiger partial charge in [-0.05, 0) is 54.0 Å². The number of ether oxygens (including phenoxy) is 2. The molecular weight excluding hydrogens is 268 g/mol. The van der Waals surface area contributed by atoms with Crippen molar-refractivity contribution in [2.24, 2.45) is 17.8 Å². The van der Waals surface area contributed by atoms with Crippen LogP contribution in [0.15, 0.2) is 24.3 Å². The van der Waals surface area contributed by atoms with Gasteiger partial charge >= 0.3 is 11.9 Å². The molecule has 1 heterocycles. The van der Waals surface area contributed by atoms with Crippen LogP contribution in [0.5, 0.6) is 5.75 Å². The van der Waals surface area contributed by atoms with Crippen LogP contribution in [0.4, 0.5) is 0 Å². The van der Waals surface area contributed by atoms with E-state index < -0.39 is 0 Å². The van der Waals surface area contributed by atoms with Gasteiger partial charge in [0.15, 0.2) is 0 Å². The summed E-state index contributed by atoms with van der Waals surface area (Å²) in [6.45, 7) is 0. The zero-order valence-electron chi connectivity index (χ0n) is 11.8. The Morgan fingerprint density at radius 2 is 2.05 bits per heavy atom. The molecule has 0 bridgehead atoms. The number of aryl methyl sites for hydroxylation is 1. The van der Waals surface area contributed by atoms with Crippen LogP contribution in [-0.2, 0) is 20.7 Å². The number of benzene rings is 1. The van der Waals surface area contributed by atoms with Gasteiger partial charge in [0.25, 0.3) is 0 Å². The molecule has 1 aliphatic heterocycles. The molecule has 1 saturated heterocycles. The maximum Gasteiger partial charge on any atom is 0.318 e. The minimum atomic E-state index is -0.346. The highest BCUT2D eigenvalue weighted by Gasteiger charge is 2.51. The summed E-state index contributed by atoms with van der Waals surface area (Å²) in [5.41, 5.74) is 3.65. The topological polar surface area (TPSA) is 52.6 Å². The summed E-state index contributed by atoms with van der Waals surface area (Å²) in [5.74, 6) is -0.266. The number of rotatable bonds is 1. The fourth-order valence-electron chi connectivity index (χ4n) is 3.98. The van der Waals surface area contributed by atoms with Crippen LogP contribution < -0.4 is 4.74 Å². The van der Waals surface area contributed by atoms with E-state index in [-0.39, 0.29) is 29.7 Å². The summed E-state index contributed by atoms with van der Waals surface area (Å²) in [4.78, 5) is 23.7. The fraction of sp³-hybridized carbons (Fsp3) is 0.412. The Morgan fingerprint density at radius 3 is 2.86 bits per heavy atom. The first-order valence-electron chi connectivity index (χ1n) is 7.32. The molecule has 1 aromatic carbocycles. The molecule has 0 saturated carbocycles. The largest absolute Gasteiger partial charge is 0.497 e. The van der Waals surface area contributed by atoms with E-state index in [0.29, 0.717) is 6.42 Å². The van der Waals surface area contributed by atoms with Crippen molar-refractivity contribution in [2.75, 3.05) is 7.11 Å². The van der Waals surface area contributed by atoms with Gasteiger partial charge in [0, 0.05) is 0 Å². The lowest BCUT2D eigenvalue weighted by Crippen LogP contribution is -2.32.